The molecule has 0 saturated heterocycles. The van der Waals surface area contributed by atoms with Crippen LogP contribution >= 0.6 is 0 Å². The Hall–Kier alpha value is -1.66. The van der Waals surface area contributed by atoms with Crippen LogP contribution in [-0.2, 0) is 33.2 Å². The summed E-state index contributed by atoms with van der Waals surface area (Å²) in [7, 11) is 0. The summed E-state index contributed by atoms with van der Waals surface area (Å²) in [6, 6.07) is 0. The van der Waals surface area contributed by atoms with E-state index in [2.05, 4.69) is 25.7 Å². The molecule has 0 saturated carbocycles. The van der Waals surface area contributed by atoms with Gasteiger partial charge in [0.25, 0.3) is 0 Å². The predicted octanol–water partition coefficient (Wildman–Crippen LogP) is 13.0. The summed E-state index contributed by atoms with van der Waals surface area (Å²) in [5.74, 6) is 0.436. The van der Waals surface area contributed by atoms with E-state index in [0.29, 0.717) is 72.0 Å². The van der Waals surface area contributed by atoms with Gasteiger partial charge in [-0.1, -0.05) is 162 Å². The van der Waals surface area contributed by atoms with Crippen molar-refractivity contribution in [1.29, 1.82) is 0 Å². The van der Waals surface area contributed by atoms with E-state index in [1.165, 1.54) is 122 Å². The molecule has 0 aliphatic rings. The zero-order chi connectivity index (χ0) is 44.4. The smallest absolute Gasteiger partial charge is 0.434 e. The molecular formula is C50H99NO10. The quantitative estimate of drug-likeness (QED) is 0.0464. The molecular weight excluding hydrogens is 775 g/mol. The maximum absolute atomic E-state index is 12.5. The number of unbranched alkanes of at least 4 members (excludes halogenated alkanes) is 23. The molecule has 0 spiro atoms. The molecule has 0 heterocycles. The standard InChI is InChI=1S/C50H99NO10/c1-4-7-10-13-16-17-18-22-29-38-58-49(53)59-40-31-24-28-35-51(36-41-55-43-45-57-46-44-56-42-37-52)34-27-21-23-30-39-60-50(54)61-47-48(32-25-19-14-11-8-5-2)33-26-20-15-12-9-6-3/h48,52H,4-47H2,1-3H3. The van der Waals surface area contributed by atoms with Gasteiger partial charge in [0, 0.05) is 6.54 Å². The number of rotatable bonds is 50. The average molecular weight is 874 g/mol. The first-order chi connectivity index (χ1) is 30.1. The first-order valence-electron chi connectivity index (χ1n) is 25.7. The summed E-state index contributed by atoms with van der Waals surface area (Å²) in [4.78, 5) is 26.9. The number of hydrogen-bond acceptors (Lipinski definition) is 11. The minimum Gasteiger partial charge on any atom is -0.434 e. The second kappa shape index (κ2) is 51.0. The van der Waals surface area contributed by atoms with E-state index >= 15 is 0 Å². The van der Waals surface area contributed by atoms with Crippen LogP contribution in [0.25, 0.3) is 0 Å². The Kier molecular flexibility index (Phi) is 49.6. The van der Waals surface area contributed by atoms with Crippen molar-refractivity contribution in [2.75, 3.05) is 92.3 Å². The van der Waals surface area contributed by atoms with Gasteiger partial charge in [-0.3, -0.25) is 0 Å². The van der Waals surface area contributed by atoms with Gasteiger partial charge in [0.1, 0.15) is 0 Å². The molecule has 364 valence electrons. The summed E-state index contributed by atoms with van der Waals surface area (Å²) in [6.07, 6.45) is 34.5. The van der Waals surface area contributed by atoms with Crippen LogP contribution < -0.4 is 0 Å². The number of nitrogens with zero attached hydrogens (tertiary/aromatic N) is 1. The van der Waals surface area contributed by atoms with Gasteiger partial charge in [-0.25, -0.2) is 9.59 Å². The molecule has 1 N–H and O–H groups in total. The van der Waals surface area contributed by atoms with Gasteiger partial charge in [0.15, 0.2) is 0 Å². The Morgan fingerprint density at radius 3 is 1.16 bits per heavy atom. The van der Waals surface area contributed by atoms with E-state index in [-0.39, 0.29) is 6.61 Å². The van der Waals surface area contributed by atoms with Crippen LogP contribution in [0.15, 0.2) is 0 Å². The number of hydrogen-bond donors (Lipinski definition) is 1. The lowest BCUT2D eigenvalue weighted by molar-refractivity contribution is 0.00446. The topological polar surface area (TPSA) is 122 Å². The van der Waals surface area contributed by atoms with E-state index < -0.39 is 12.3 Å². The minimum atomic E-state index is -0.548. The second-order valence-electron chi connectivity index (χ2n) is 17.0. The highest BCUT2D eigenvalue weighted by Crippen LogP contribution is 2.20. The van der Waals surface area contributed by atoms with Crippen LogP contribution in [0.1, 0.15) is 213 Å². The fraction of sp³-hybridized carbons (Fsp3) is 0.960. The molecule has 0 amide bonds. The van der Waals surface area contributed by atoms with Crippen molar-refractivity contribution in [3.05, 3.63) is 0 Å². The highest BCUT2D eigenvalue weighted by molar-refractivity contribution is 5.60. The molecule has 0 bridgehead atoms. The lowest BCUT2D eigenvalue weighted by Gasteiger charge is -2.22. The molecule has 0 rings (SSSR count). The van der Waals surface area contributed by atoms with Crippen molar-refractivity contribution < 1.29 is 47.9 Å². The molecule has 61 heavy (non-hydrogen) atoms. The fourth-order valence-corrected chi connectivity index (χ4v) is 7.43. The molecule has 0 aromatic rings. The maximum atomic E-state index is 12.5. The van der Waals surface area contributed by atoms with Crippen LogP contribution in [-0.4, -0.2) is 115 Å². The minimum absolute atomic E-state index is 0.0195. The lowest BCUT2D eigenvalue weighted by atomic mass is 9.95. The highest BCUT2D eigenvalue weighted by atomic mass is 16.7. The largest absolute Gasteiger partial charge is 0.508 e. The summed E-state index contributed by atoms with van der Waals surface area (Å²) < 4.78 is 38.3. The molecule has 0 atom stereocenters. The molecule has 0 unspecified atom stereocenters. The van der Waals surface area contributed by atoms with Crippen molar-refractivity contribution >= 4 is 12.3 Å². The summed E-state index contributed by atoms with van der Waals surface area (Å²) >= 11 is 0. The Bertz CT molecular complexity index is 865. The molecule has 0 aromatic carbocycles. The van der Waals surface area contributed by atoms with E-state index in [9.17, 15) is 9.59 Å². The van der Waals surface area contributed by atoms with Gasteiger partial charge in [-0.2, -0.15) is 0 Å². The maximum Gasteiger partial charge on any atom is 0.508 e. The van der Waals surface area contributed by atoms with Gasteiger partial charge in [0.05, 0.1) is 72.7 Å². The fourth-order valence-electron chi connectivity index (χ4n) is 7.43. The van der Waals surface area contributed by atoms with Crippen molar-refractivity contribution in [1.82, 2.24) is 4.90 Å². The zero-order valence-corrected chi connectivity index (χ0v) is 40.3. The number of ether oxygens (including phenoxy) is 7. The summed E-state index contributed by atoms with van der Waals surface area (Å²) in [5.41, 5.74) is 0. The molecule has 0 aromatic heterocycles. The predicted molar refractivity (Wildman–Crippen MR) is 250 cm³/mol. The van der Waals surface area contributed by atoms with Gasteiger partial charge in [-0.05, 0) is 70.4 Å². The average Bonchev–Trinajstić information content (AvgIpc) is 3.26. The van der Waals surface area contributed by atoms with Crippen molar-refractivity contribution in [2.45, 2.75) is 213 Å². The normalized spacial score (nSPS) is 11.5. The van der Waals surface area contributed by atoms with Crippen LogP contribution in [0.3, 0.4) is 0 Å². The Balaban J connectivity index is 4.36. The molecule has 0 fully saturated rings. The zero-order valence-electron chi connectivity index (χ0n) is 40.3. The third-order valence-electron chi connectivity index (χ3n) is 11.3. The molecule has 11 heteroatoms. The number of aliphatic hydroxyl groups excluding tert-OH is 1. The Morgan fingerprint density at radius 2 is 0.721 bits per heavy atom. The molecule has 0 aliphatic heterocycles. The highest BCUT2D eigenvalue weighted by Gasteiger charge is 2.14. The van der Waals surface area contributed by atoms with Gasteiger partial charge >= 0.3 is 12.3 Å². The molecule has 11 nitrogen and oxygen atoms in total. The van der Waals surface area contributed by atoms with Crippen LogP contribution in [0, 0.1) is 5.92 Å². The van der Waals surface area contributed by atoms with E-state index in [1.54, 1.807) is 0 Å². The van der Waals surface area contributed by atoms with Gasteiger partial charge in [-0.15, -0.1) is 0 Å². The number of carbonyl (C=O) groups is 2. The summed E-state index contributed by atoms with van der Waals surface area (Å²) in [5, 5.41) is 8.79. The Morgan fingerprint density at radius 1 is 0.377 bits per heavy atom. The van der Waals surface area contributed by atoms with Crippen molar-refractivity contribution in [3.63, 3.8) is 0 Å². The molecule has 0 aliphatic carbocycles. The van der Waals surface area contributed by atoms with Crippen LogP contribution in [0.4, 0.5) is 9.59 Å². The second-order valence-corrected chi connectivity index (χ2v) is 17.0. The number of carbonyl (C=O) groups excluding carboxylic acids is 2. The van der Waals surface area contributed by atoms with Gasteiger partial charge < -0.3 is 43.2 Å². The van der Waals surface area contributed by atoms with Gasteiger partial charge in [0.2, 0.25) is 0 Å². The van der Waals surface area contributed by atoms with E-state index in [1.807, 2.05) is 0 Å². The van der Waals surface area contributed by atoms with Crippen LogP contribution in [0.2, 0.25) is 0 Å². The SMILES string of the molecule is CCCCCCCCCCCOC(=O)OCCCCCN(CCCCCCOC(=O)OCC(CCCCCCCC)CCCCCCCC)CCOCCOCCOCCO. The Labute approximate surface area is 375 Å². The van der Waals surface area contributed by atoms with Crippen LogP contribution in [0.5, 0.6) is 0 Å². The number of aliphatic hydroxyl groups is 1. The van der Waals surface area contributed by atoms with Crippen molar-refractivity contribution in [3.8, 4) is 0 Å². The first kappa shape index (κ1) is 59.3. The summed E-state index contributed by atoms with van der Waals surface area (Å²) in [6.45, 7) is 14.2. The van der Waals surface area contributed by atoms with E-state index in [4.69, 9.17) is 38.3 Å². The third kappa shape index (κ3) is 47.7. The third-order valence-corrected chi connectivity index (χ3v) is 11.3. The first-order valence-corrected chi connectivity index (χ1v) is 25.7. The van der Waals surface area contributed by atoms with E-state index in [0.717, 1.165) is 90.3 Å². The molecule has 0 radical (unpaired) electrons. The van der Waals surface area contributed by atoms with Crippen molar-refractivity contribution in [2.24, 2.45) is 5.92 Å². The monoisotopic (exact) mass is 874 g/mol. The lowest BCUT2D eigenvalue weighted by Crippen LogP contribution is -2.30.